The lowest BCUT2D eigenvalue weighted by atomic mass is 9.77. The van der Waals surface area contributed by atoms with Crippen molar-refractivity contribution in [1.29, 1.82) is 0 Å². The van der Waals surface area contributed by atoms with E-state index in [4.69, 9.17) is 42.8 Å². The molecule has 2 aromatic carbocycles. The van der Waals surface area contributed by atoms with Crippen LogP contribution >= 0.6 is 23.2 Å². The second-order valence-electron chi connectivity index (χ2n) is 9.83. The van der Waals surface area contributed by atoms with E-state index in [0.29, 0.717) is 39.8 Å². The van der Waals surface area contributed by atoms with Crippen LogP contribution in [0.5, 0.6) is 11.6 Å². The summed E-state index contributed by atoms with van der Waals surface area (Å²) in [5, 5.41) is 10.1. The van der Waals surface area contributed by atoms with Crippen LogP contribution < -0.4 is 20.3 Å². The number of fused-ring (bicyclic) bond motifs is 4. The molecule has 1 fully saturated rings. The average molecular weight is 563 g/mol. The Morgan fingerprint density at radius 1 is 1.13 bits per heavy atom. The number of halogens is 2. The molecule has 0 amide bonds. The van der Waals surface area contributed by atoms with E-state index in [1.807, 2.05) is 48.4 Å². The first-order chi connectivity index (χ1) is 19.0. The molecule has 7 rings (SSSR count). The molecule has 10 nitrogen and oxygen atoms in total. The average Bonchev–Trinajstić information content (AvgIpc) is 3.67. The van der Waals surface area contributed by atoms with Crippen LogP contribution in [0, 0.1) is 5.92 Å². The molecule has 0 spiro atoms. The van der Waals surface area contributed by atoms with Crippen LogP contribution in [0.25, 0.3) is 17.0 Å². The SMILES string of the molecule is CC1NNC2Oc3ncn4nc(-c5cccc(COc6cccc(Cl)c6Cl)c5)nc4c3C(c3cnn(C)c3)C12. The second kappa shape index (κ2) is 9.49. The number of ether oxygens (including phenoxy) is 2. The largest absolute Gasteiger partial charge is 0.487 e. The second-order valence-corrected chi connectivity index (χ2v) is 10.6. The van der Waals surface area contributed by atoms with Gasteiger partial charge in [-0.2, -0.15) is 5.10 Å². The number of hydrazine groups is 1. The van der Waals surface area contributed by atoms with Crippen LogP contribution in [0.4, 0.5) is 0 Å². The van der Waals surface area contributed by atoms with E-state index >= 15 is 0 Å². The highest BCUT2D eigenvalue weighted by atomic mass is 35.5. The predicted molar refractivity (Wildman–Crippen MR) is 146 cm³/mol. The Morgan fingerprint density at radius 2 is 2.00 bits per heavy atom. The van der Waals surface area contributed by atoms with E-state index in [9.17, 15) is 0 Å². The zero-order valence-electron chi connectivity index (χ0n) is 21.0. The third-order valence-corrected chi connectivity index (χ3v) is 8.08. The summed E-state index contributed by atoms with van der Waals surface area (Å²) in [6.07, 6.45) is 5.36. The van der Waals surface area contributed by atoms with Gasteiger partial charge >= 0.3 is 0 Å². The Balaban J connectivity index is 1.26. The Hall–Kier alpha value is -3.70. The topological polar surface area (TPSA) is 103 Å². The van der Waals surface area contributed by atoms with Gasteiger partial charge < -0.3 is 9.47 Å². The first-order valence-electron chi connectivity index (χ1n) is 12.5. The lowest BCUT2D eigenvalue weighted by molar-refractivity contribution is 0.0969. The van der Waals surface area contributed by atoms with Gasteiger partial charge in [0.2, 0.25) is 5.88 Å². The van der Waals surface area contributed by atoms with Crippen molar-refractivity contribution in [3.05, 3.63) is 87.9 Å². The Labute approximate surface area is 233 Å². The number of aromatic nitrogens is 6. The number of hydrogen-bond donors (Lipinski definition) is 2. The van der Waals surface area contributed by atoms with Gasteiger partial charge in [0, 0.05) is 36.7 Å². The van der Waals surface area contributed by atoms with Gasteiger partial charge in [-0.1, -0.05) is 47.5 Å². The summed E-state index contributed by atoms with van der Waals surface area (Å²) in [4.78, 5) is 9.61. The van der Waals surface area contributed by atoms with Crippen molar-refractivity contribution in [2.75, 3.05) is 0 Å². The maximum Gasteiger partial charge on any atom is 0.224 e. The van der Waals surface area contributed by atoms with Gasteiger partial charge in [0.25, 0.3) is 0 Å². The molecular formula is C27H24Cl2N8O2. The van der Waals surface area contributed by atoms with E-state index in [1.54, 1.807) is 29.0 Å². The van der Waals surface area contributed by atoms with Gasteiger partial charge in [0.1, 0.15) is 23.7 Å². The molecule has 1 saturated heterocycles. The third-order valence-electron chi connectivity index (χ3n) is 7.28. The summed E-state index contributed by atoms with van der Waals surface area (Å²) in [6, 6.07) is 13.4. The molecule has 2 aliphatic heterocycles. The minimum absolute atomic E-state index is 0.0413. The smallest absolute Gasteiger partial charge is 0.224 e. The van der Waals surface area contributed by atoms with Crippen molar-refractivity contribution in [3.8, 4) is 23.0 Å². The van der Waals surface area contributed by atoms with Gasteiger partial charge in [-0.05, 0) is 36.2 Å². The van der Waals surface area contributed by atoms with Crippen molar-refractivity contribution in [2.45, 2.75) is 31.7 Å². The first kappa shape index (κ1) is 24.3. The van der Waals surface area contributed by atoms with Crippen molar-refractivity contribution in [2.24, 2.45) is 13.0 Å². The zero-order valence-corrected chi connectivity index (χ0v) is 22.6. The Kier molecular flexibility index (Phi) is 5.93. The molecule has 0 aliphatic carbocycles. The number of nitrogens with zero attached hydrogens (tertiary/aromatic N) is 6. The van der Waals surface area contributed by atoms with Gasteiger partial charge in [-0.3, -0.25) is 10.1 Å². The minimum Gasteiger partial charge on any atom is -0.487 e. The summed E-state index contributed by atoms with van der Waals surface area (Å²) in [7, 11) is 1.92. The molecule has 2 aliphatic rings. The van der Waals surface area contributed by atoms with Crippen LogP contribution in [0.1, 0.15) is 29.5 Å². The molecule has 2 N–H and O–H groups in total. The summed E-state index contributed by atoms with van der Waals surface area (Å²) >= 11 is 12.4. The monoisotopic (exact) mass is 562 g/mol. The van der Waals surface area contributed by atoms with Crippen molar-refractivity contribution in [3.63, 3.8) is 0 Å². The van der Waals surface area contributed by atoms with Crippen LogP contribution in [-0.4, -0.2) is 41.6 Å². The molecular weight excluding hydrogens is 539 g/mol. The van der Waals surface area contributed by atoms with E-state index in [0.717, 1.165) is 22.3 Å². The number of hydrogen-bond acceptors (Lipinski definition) is 8. The number of aryl methyl sites for hydroxylation is 1. The maximum atomic E-state index is 6.29. The zero-order chi connectivity index (χ0) is 26.7. The maximum absolute atomic E-state index is 6.29. The molecule has 0 saturated carbocycles. The third kappa shape index (κ3) is 4.20. The highest BCUT2D eigenvalue weighted by Gasteiger charge is 2.48. The van der Waals surface area contributed by atoms with Crippen LogP contribution in [0.2, 0.25) is 10.0 Å². The van der Waals surface area contributed by atoms with Crippen LogP contribution in [0.3, 0.4) is 0 Å². The fourth-order valence-corrected chi connectivity index (χ4v) is 5.79. The molecule has 4 unspecified atom stereocenters. The van der Waals surface area contributed by atoms with Gasteiger partial charge in [0.05, 0.1) is 16.8 Å². The number of nitrogens with one attached hydrogen (secondary N) is 2. The molecule has 39 heavy (non-hydrogen) atoms. The fraction of sp³-hybridized carbons (Fsp3) is 0.259. The standard InChI is InChI=1S/C27H24Cl2N8O2/c1-14-20-21(17-10-31-36(2)11-17)22-25-32-24(35-37(25)13-30-26(22)39-27(20)34-33-14)16-6-3-5-15(9-16)12-38-19-8-4-7-18(28)23(19)29/h3-11,13-14,20-21,27,33-34H,12H2,1-2H3. The summed E-state index contributed by atoms with van der Waals surface area (Å²) in [6.45, 7) is 2.46. The first-order valence-corrected chi connectivity index (χ1v) is 13.3. The summed E-state index contributed by atoms with van der Waals surface area (Å²) < 4.78 is 15.8. The predicted octanol–water partition coefficient (Wildman–Crippen LogP) is 4.37. The minimum atomic E-state index is -0.222. The summed E-state index contributed by atoms with van der Waals surface area (Å²) in [5.74, 6) is 1.72. The molecule has 0 radical (unpaired) electrons. The molecule has 4 atom stereocenters. The van der Waals surface area contributed by atoms with E-state index in [2.05, 4.69) is 27.9 Å². The molecule has 12 heteroatoms. The number of benzene rings is 2. The highest BCUT2D eigenvalue weighted by molar-refractivity contribution is 6.42. The summed E-state index contributed by atoms with van der Waals surface area (Å²) in [5.41, 5.74) is 11.1. The normalized spacial score (nSPS) is 21.9. The van der Waals surface area contributed by atoms with Crippen LogP contribution in [-0.2, 0) is 13.7 Å². The van der Waals surface area contributed by atoms with Gasteiger partial charge in [-0.25, -0.2) is 19.9 Å². The van der Waals surface area contributed by atoms with Crippen molar-refractivity contribution >= 4 is 28.8 Å². The van der Waals surface area contributed by atoms with Gasteiger partial charge in [-0.15, -0.1) is 5.10 Å². The Morgan fingerprint density at radius 3 is 2.85 bits per heavy atom. The van der Waals surface area contributed by atoms with E-state index in [-0.39, 0.29) is 24.1 Å². The van der Waals surface area contributed by atoms with E-state index in [1.165, 1.54) is 0 Å². The number of rotatable bonds is 5. The van der Waals surface area contributed by atoms with Crippen molar-refractivity contribution < 1.29 is 9.47 Å². The molecule has 5 aromatic rings. The molecule has 0 bridgehead atoms. The van der Waals surface area contributed by atoms with Crippen molar-refractivity contribution in [1.82, 2.24) is 40.2 Å². The molecule has 5 heterocycles. The molecule has 198 valence electrons. The quantitative estimate of drug-likeness (QED) is 0.325. The lowest BCUT2D eigenvalue weighted by Gasteiger charge is -2.35. The molecule has 3 aromatic heterocycles. The fourth-order valence-electron chi connectivity index (χ4n) is 5.45. The highest BCUT2D eigenvalue weighted by Crippen LogP contribution is 2.46. The van der Waals surface area contributed by atoms with Crippen LogP contribution in [0.15, 0.2) is 61.2 Å². The van der Waals surface area contributed by atoms with E-state index < -0.39 is 0 Å². The lowest BCUT2D eigenvalue weighted by Crippen LogP contribution is -2.42. The Bertz CT molecular complexity index is 1700. The van der Waals surface area contributed by atoms with Gasteiger partial charge in [0.15, 0.2) is 17.7 Å².